The molecule has 2 N–H and O–H groups in total. The molecule has 0 unspecified atom stereocenters. The Morgan fingerprint density at radius 2 is 1.88 bits per heavy atom. The highest BCUT2D eigenvalue weighted by atomic mass is 35.5. The number of pyridine rings is 1. The molecule has 0 aliphatic rings. The minimum Gasteiger partial charge on any atom is -0.381 e. The van der Waals surface area contributed by atoms with Gasteiger partial charge in [-0.2, -0.15) is 0 Å². The molecule has 0 saturated carbocycles. The van der Waals surface area contributed by atoms with E-state index in [2.05, 4.69) is 28.6 Å². The van der Waals surface area contributed by atoms with E-state index in [9.17, 15) is 4.39 Å². The Balaban J connectivity index is 1.95. The molecule has 0 aliphatic heterocycles. The van der Waals surface area contributed by atoms with E-state index < -0.39 is 0 Å². The van der Waals surface area contributed by atoms with Crippen LogP contribution in [0.1, 0.15) is 18.1 Å². The molecule has 2 aromatic carbocycles. The van der Waals surface area contributed by atoms with Crippen molar-refractivity contribution in [1.82, 2.24) is 4.98 Å². The number of nitrogens with one attached hydrogen (secondary N) is 2. The van der Waals surface area contributed by atoms with Gasteiger partial charge < -0.3 is 10.6 Å². The molecular weight excluding hydrogens is 349 g/mol. The summed E-state index contributed by atoms with van der Waals surface area (Å²) >= 11 is 6.41. The molecule has 0 bridgehead atoms. The zero-order valence-electron chi connectivity index (χ0n) is 14.8. The van der Waals surface area contributed by atoms with Crippen LogP contribution in [-0.4, -0.2) is 12.0 Å². The monoisotopic (exact) mass is 369 g/mol. The van der Waals surface area contributed by atoms with Gasteiger partial charge in [-0.1, -0.05) is 42.8 Å². The smallest absolute Gasteiger partial charge is 0.126 e. The summed E-state index contributed by atoms with van der Waals surface area (Å²) in [7, 11) is 1.83. The molecule has 0 amide bonds. The van der Waals surface area contributed by atoms with Crippen LogP contribution in [0, 0.1) is 5.82 Å². The zero-order chi connectivity index (χ0) is 18.5. The third-order valence-corrected chi connectivity index (χ3v) is 4.60. The van der Waals surface area contributed by atoms with Crippen molar-refractivity contribution in [3.05, 3.63) is 76.7 Å². The third-order valence-electron chi connectivity index (χ3n) is 4.30. The van der Waals surface area contributed by atoms with Gasteiger partial charge >= 0.3 is 0 Å². The van der Waals surface area contributed by atoms with Crippen LogP contribution in [0.5, 0.6) is 0 Å². The van der Waals surface area contributed by atoms with E-state index in [1.807, 2.05) is 31.3 Å². The van der Waals surface area contributed by atoms with Gasteiger partial charge in [-0.05, 0) is 47.4 Å². The van der Waals surface area contributed by atoms with Crippen LogP contribution in [0.4, 0.5) is 15.9 Å². The molecule has 0 aliphatic carbocycles. The van der Waals surface area contributed by atoms with Crippen molar-refractivity contribution in [3.8, 4) is 11.1 Å². The van der Waals surface area contributed by atoms with Crippen molar-refractivity contribution in [2.45, 2.75) is 19.9 Å². The minimum absolute atomic E-state index is 0.225. The molecule has 0 atom stereocenters. The maximum atomic E-state index is 13.4. The van der Waals surface area contributed by atoms with E-state index in [1.165, 1.54) is 11.6 Å². The van der Waals surface area contributed by atoms with Crippen molar-refractivity contribution in [1.29, 1.82) is 0 Å². The summed E-state index contributed by atoms with van der Waals surface area (Å²) in [6.45, 7) is 2.67. The third kappa shape index (κ3) is 3.97. The molecule has 0 radical (unpaired) electrons. The predicted octanol–water partition coefficient (Wildman–Crippen LogP) is 5.76. The standard InChI is InChI=1S/C21H21ClFN3/c1-3-16-17(18-11-21(24-2)26-13-19(18)22)8-5-9-20(16)25-12-14-6-4-7-15(23)10-14/h4-11,13,25H,3,12H2,1-2H3,(H,24,26). The van der Waals surface area contributed by atoms with Gasteiger partial charge in [-0.3, -0.25) is 0 Å². The maximum Gasteiger partial charge on any atom is 0.126 e. The van der Waals surface area contributed by atoms with Crippen molar-refractivity contribution >= 4 is 23.1 Å². The molecule has 0 fully saturated rings. The Bertz CT molecular complexity index is 912. The first-order valence-corrected chi connectivity index (χ1v) is 8.94. The largest absolute Gasteiger partial charge is 0.381 e. The van der Waals surface area contributed by atoms with E-state index in [0.717, 1.165) is 34.6 Å². The van der Waals surface area contributed by atoms with E-state index in [1.54, 1.807) is 18.3 Å². The second-order valence-electron chi connectivity index (χ2n) is 5.97. The summed E-state index contributed by atoms with van der Waals surface area (Å²) in [5.74, 6) is 0.543. The lowest BCUT2D eigenvalue weighted by atomic mass is 9.96. The van der Waals surface area contributed by atoms with Crippen molar-refractivity contribution < 1.29 is 4.39 Å². The lowest BCUT2D eigenvalue weighted by Crippen LogP contribution is -2.04. The number of rotatable bonds is 6. The van der Waals surface area contributed by atoms with Gasteiger partial charge in [0.25, 0.3) is 0 Å². The number of nitrogens with zero attached hydrogens (tertiary/aromatic N) is 1. The molecule has 3 nitrogen and oxygen atoms in total. The zero-order valence-corrected chi connectivity index (χ0v) is 15.6. The van der Waals surface area contributed by atoms with Gasteiger partial charge in [0, 0.05) is 31.0 Å². The average Bonchev–Trinajstić information content (AvgIpc) is 2.66. The molecule has 26 heavy (non-hydrogen) atoms. The normalized spacial score (nSPS) is 10.6. The molecule has 3 rings (SSSR count). The molecule has 3 aromatic rings. The van der Waals surface area contributed by atoms with Crippen LogP contribution in [0.3, 0.4) is 0 Å². The van der Waals surface area contributed by atoms with Crippen molar-refractivity contribution in [3.63, 3.8) is 0 Å². The fourth-order valence-electron chi connectivity index (χ4n) is 3.01. The van der Waals surface area contributed by atoms with Crippen molar-refractivity contribution in [2.24, 2.45) is 0 Å². The first-order valence-electron chi connectivity index (χ1n) is 8.56. The lowest BCUT2D eigenvalue weighted by Gasteiger charge is -2.17. The highest BCUT2D eigenvalue weighted by Crippen LogP contribution is 2.35. The van der Waals surface area contributed by atoms with Crippen LogP contribution >= 0.6 is 11.6 Å². The Morgan fingerprint density at radius 3 is 2.62 bits per heavy atom. The predicted molar refractivity (Wildman–Crippen MR) is 107 cm³/mol. The van der Waals surface area contributed by atoms with Crippen LogP contribution in [0.2, 0.25) is 5.02 Å². The van der Waals surface area contributed by atoms with E-state index in [0.29, 0.717) is 11.6 Å². The highest BCUT2D eigenvalue weighted by Gasteiger charge is 2.13. The molecule has 134 valence electrons. The first kappa shape index (κ1) is 18.2. The number of anilines is 2. The molecule has 5 heteroatoms. The van der Waals surface area contributed by atoms with Gasteiger partial charge in [-0.15, -0.1) is 0 Å². The lowest BCUT2D eigenvalue weighted by molar-refractivity contribution is 0.626. The summed E-state index contributed by atoms with van der Waals surface area (Å²) in [6, 6.07) is 14.7. The van der Waals surface area contributed by atoms with E-state index >= 15 is 0 Å². The number of benzene rings is 2. The fraction of sp³-hybridized carbons (Fsp3) is 0.190. The molecule has 1 heterocycles. The van der Waals surface area contributed by atoms with Crippen LogP contribution in [0.15, 0.2) is 54.7 Å². The van der Waals surface area contributed by atoms with Gasteiger partial charge in [0.05, 0.1) is 5.02 Å². The Labute approximate surface area is 158 Å². The van der Waals surface area contributed by atoms with Crippen LogP contribution < -0.4 is 10.6 Å². The van der Waals surface area contributed by atoms with Gasteiger partial charge in [0.1, 0.15) is 11.6 Å². The molecule has 1 aromatic heterocycles. The van der Waals surface area contributed by atoms with Crippen molar-refractivity contribution in [2.75, 3.05) is 17.7 Å². The SMILES string of the molecule is CCc1c(NCc2cccc(F)c2)cccc1-c1cc(NC)ncc1Cl. The second-order valence-corrected chi connectivity index (χ2v) is 6.38. The first-order chi connectivity index (χ1) is 12.6. The summed E-state index contributed by atoms with van der Waals surface area (Å²) in [5, 5.41) is 7.08. The average molecular weight is 370 g/mol. The Hall–Kier alpha value is -2.59. The summed E-state index contributed by atoms with van der Waals surface area (Å²) in [5.41, 5.74) is 5.10. The van der Waals surface area contributed by atoms with E-state index in [4.69, 9.17) is 11.6 Å². The Kier molecular flexibility index (Phi) is 5.74. The fourth-order valence-corrected chi connectivity index (χ4v) is 3.22. The Morgan fingerprint density at radius 1 is 1.08 bits per heavy atom. The molecular formula is C21H21ClFN3. The number of hydrogen-bond acceptors (Lipinski definition) is 3. The van der Waals surface area contributed by atoms with Gasteiger partial charge in [0.15, 0.2) is 0 Å². The number of aromatic nitrogens is 1. The van der Waals surface area contributed by atoms with Gasteiger partial charge in [0.2, 0.25) is 0 Å². The summed E-state index contributed by atoms with van der Waals surface area (Å²) in [6.07, 6.45) is 2.50. The summed E-state index contributed by atoms with van der Waals surface area (Å²) < 4.78 is 13.4. The molecule has 0 saturated heterocycles. The van der Waals surface area contributed by atoms with Gasteiger partial charge in [-0.25, -0.2) is 9.37 Å². The summed E-state index contributed by atoms with van der Waals surface area (Å²) in [4.78, 5) is 4.25. The number of hydrogen-bond donors (Lipinski definition) is 2. The maximum absolute atomic E-state index is 13.4. The second kappa shape index (κ2) is 8.19. The van der Waals surface area contributed by atoms with E-state index in [-0.39, 0.29) is 5.82 Å². The number of halogens is 2. The minimum atomic E-state index is -0.225. The topological polar surface area (TPSA) is 37.0 Å². The van der Waals surface area contributed by atoms with Crippen LogP contribution in [-0.2, 0) is 13.0 Å². The quantitative estimate of drug-likeness (QED) is 0.580. The highest BCUT2D eigenvalue weighted by molar-refractivity contribution is 6.33. The molecule has 0 spiro atoms. The van der Waals surface area contributed by atoms with Crippen LogP contribution in [0.25, 0.3) is 11.1 Å².